The molecule has 9 heteroatoms. The fourth-order valence-electron chi connectivity index (χ4n) is 1.77. The van der Waals surface area contributed by atoms with Crippen molar-refractivity contribution in [3.8, 4) is 0 Å². The highest BCUT2D eigenvalue weighted by atomic mass is 35.5. The molecule has 0 radical (unpaired) electrons. The van der Waals surface area contributed by atoms with Gasteiger partial charge in [-0.2, -0.15) is 0 Å². The number of nitrogens with zero attached hydrogens (tertiary/aromatic N) is 2. The van der Waals surface area contributed by atoms with Crippen molar-refractivity contribution >= 4 is 34.2 Å². The molecule has 0 aliphatic rings. The van der Waals surface area contributed by atoms with Crippen molar-refractivity contribution in [1.29, 1.82) is 0 Å². The van der Waals surface area contributed by atoms with Gasteiger partial charge in [-0.05, 0) is 13.3 Å². The molecule has 0 aliphatic carbocycles. The molecule has 0 aromatic carbocycles. The third-order valence-corrected chi connectivity index (χ3v) is 4.01. The molecule has 1 aromatic rings. The zero-order valence-electron chi connectivity index (χ0n) is 11.4. The van der Waals surface area contributed by atoms with Crippen LogP contribution in [0.15, 0.2) is 6.20 Å². The van der Waals surface area contributed by atoms with Gasteiger partial charge in [0, 0.05) is 30.0 Å². The minimum atomic E-state index is -1.33. The monoisotopic (exact) mass is 334 g/mol. The highest BCUT2D eigenvalue weighted by Crippen LogP contribution is 2.32. The van der Waals surface area contributed by atoms with Gasteiger partial charge in [-0.15, -0.1) is 0 Å². The van der Waals surface area contributed by atoms with Crippen LogP contribution in [0.2, 0.25) is 5.15 Å². The molecule has 116 valence electrons. The Balaban J connectivity index is 2.92. The van der Waals surface area contributed by atoms with Gasteiger partial charge in [0.25, 0.3) is 0 Å². The summed E-state index contributed by atoms with van der Waals surface area (Å²) in [6, 6.07) is 0. The molecular weight excluding hydrogens is 320 g/mol. The zero-order valence-corrected chi connectivity index (χ0v) is 13.0. The van der Waals surface area contributed by atoms with E-state index in [0.717, 1.165) is 11.8 Å². The quantitative estimate of drug-likeness (QED) is 0.464. The number of rotatable bonds is 6. The van der Waals surface area contributed by atoms with E-state index in [1.165, 1.54) is 20.0 Å². The highest BCUT2D eigenvalue weighted by Gasteiger charge is 2.27. The van der Waals surface area contributed by atoms with Gasteiger partial charge in [-0.25, -0.2) is 4.98 Å². The molecule has 1 rings (SSSR count). The molecule has 0 bridgehead atoms. The standard InChI is InChI=1S/C12H15ClN2O5S/c1-6-8(5-14-12(13)10(6)15(19)20)11(18)9(17)3-4-21-7(2)16/h5,9,11,17-18H,3-4H2,1-2H3. The molecular formula is C12H15ClN2O5S. The van der Waals surface area contributed by atoms with Crippen molar-refractivity contribution in [2.75, 3.05) is 5.75 Å². The molecule has 1 heterocycles. The second-order valence-electron chi connectivity index (χ2n) is 4.38. The number of aliphatic hydroxyl groups excluding tert-OH is 2. The number of halogens is 1. The molecule has 0 spiro atoms. The average molecular weight is 335 g/mol. The molecule has 0 aliphatic heterocycles. The summed E-state index contributed by atoms with van der Waals surface area (Å²) in [5, 5.41) is 30.6. The Hall–Kier alpha value is -1.22. The van der Waals surface area contributed by atoms with Crippen LogP contribution >= 0.6 is 23.4 Å². The van der Waals surface area contributed by atoms with Gasteiger partial charge in [0.15, 0.2) is 5.12 Å². The van der Waals surface area contributed by atoms with Crippen LogP contribution in [0, 0.1) is 17.0 Å². The Kier molecular flexibility index (Phi) is 6.53. The second-order valence-corrected chi connectivity index (χ2v) is 6.01. The van der Waals surface area contributed by atoms with Crippen LogP contribution in [0.5, 0.6) is 0 Å². The lowest BCUT2D eigenvalue weighted by molar-refractivity contribution is -0.385. The molecule has 0 amide bonds. The number of nitro groups is 1. The normalized spacial score (nSPS) is 13.8. The smallest absolute Gasteiger partial charge is 0.309 e. The predicted molar refractivity (Wildman–Crippen MR) is 79.4 cm³/mol. The Morgan fingerprint density at radius 2 is 2.19 bits per heavy atom. The molecule has 7 nitrogen and oxygen atoms in total. The van der Waals surface area contributed by atoms with E-state index in [9.17, 15) is 25.1 Å². The number of aliphatic hydroxyl groups is 2. The fourth-order valence-corrected chi connectivity index (χ4v) is 2.68. The summed E-state index contributed by atoms with van der Waals surface area (Å²) in [6.07, 6.45) is -1.11. The summed E-state index contributed by atoms with van der Waals surface area (Å²) in [4.78, 5) is 24.7. The Morgan fingerprint density at radius 1 is 1.57 bits per heavy atom. The lowest BCUT2D eigenvalue weighted by Crippen LogP contribution is -2.20. The zero-order chi connectivity index (χ0) is 16.2. The third kappa shape index (κ3) is 4.63. The molecule has 2 N–H and O–H groups in total. The fraction of sp³-hybridized carbons (Fsp3) is 0.500. The Bertz CT molecular complexity index is 555. The number of pyridine rings is 1. The summed E-state index contributed by atoms with van der Waals surface area (Å²) in [5.74, 6) is 0.343. The van der Waals surface area contributed by atoms with Gasteiger partial charge >= 0.3 is 5.69 Å². The first kappa shape index (κ1) is 17.8. The number of carbonyl (C=O) groups excluding carboxylic acids is 1. The number of hydrogen-bond acceptors (Lipinski definition) is 7. The van der Waals surface area contributed by atoms with Gasteiger partial charge in [-0.1, -0.05) is 23.4 Å². The summed E-state index contributed by atoms with van der Waals surface area (Å²) >= 11 is 6.69. The average Bonchev–Trinajstić information content (AvgIpc) is 2.37. The molecule has 2 atom stereocenters. The van der Waals surface area contributed by atoms with Gasteiger partial charge in [0.1, 0.15) is 6.10 Å². The van der Waals surface area contributed by atoms with Crippen molar-refractivity contribution in [1.82, 2.24) is 4.98 Å². The number of thioether (sulfide) groups is 1. The van der Waals surface area contributed by atoms with Crippen LogP contribution < -0.4 is 0 Å². The maximum atomic E-state index is 10.9. The van der Waals surface area contributed by atoms with E-state index in [-0.39, 0.29) is 27.8 Å². The summed E-state index contributed by atoms with van der Waals surface area (Å²) < 4.78 is 0. The van der Waals surface area contributed by atoms with Crippen molar-refractivity contribution in [3.63, 3.8) is 0 Å². The second kappa shape index (κ2) is 7.69. The van der Waals surface area contributed by atoms with E-state index in [1.54, 1.807) is 0 Å². The lowest BCUT2D eigenvalue weighted by atomic mass is 9.99. The summed E-state index contributed by atoms with van der Waals surface area (Å²) in [7, 11) is 0. The van der Waals surface area contributed by atoms with Crippen LogP contribution in [-0.2, 0) is 4.79 Å². The maximum Gasteiger partial charge on any atom is 0.309 e. The van der Waals surface area contributed by atoms with Crippen molar-refractivity contribution in [2.24, 2.45) is 0 Å². The highest BCUT2D eigenvalue weighted by molar-refractivity contribution is 8.13. The van der Waals surface area contributed by atoms with Crippen LogP contribution in [0.3, 0.4) is 0 Å². The van der Waals surface area contributed by atoms with Crippen LogP contribution in [0.1, 0.15) is 30.6 Å². The van der Waals surface area contributed by atoms with Gasteiger partial charge in [0.05, 0.1) is 11.0 Å². The molecule has 0 fully saturated rings. The molecule has 0 saturated heterocycles. The van der Waals surface area contributed by atoms with Crippen LogP contribution in [-0.4, -0.2) is 37.1 Å². The number of hydrogen-bond donors (Lipinski definition) is 2. The van der Waals surface area contributed by atoms with E-state index in [1.807, 2.05) is 0 Å². The SMILES string of the molecule is CC(=O)SCCC(O)C(O)c1cnc(Cl)c([N+](=O)[O-])c1C. The number of aromatic nitrogens is 1. The van der Waals surface area contributed by atoms with Gasteiger partial charge in [-0.3, -0.25) is 14.9 Å². The maximum absolute atomic E-state index is 10.9. The third-order valence-electron chi connectivity index (χ3n) is 2.89. The molecule has 2 unspecified atom stereocenters. The molecule has 1 aromatic heterocycles. The van der Waals surface area contributed by atoms with Crippen LogP contribution in [0.4, 0.5) is 5.69 Å². The summed E-state index contributed by atoms with van der Waals surface area (Å²) in [6.45, 7) is 2.84. The summed E-state index contributed by atoms with van der Waals surface area (Å²) in [5.41, 5.74) is -0.0873. The minimum absolute atomic E-state index is 0.0864. The van der Waals surface area contributed by atoms with E-state index >= 15 is 0 Å². The first-order chi connectivity index (χ1) is 9.75. The van der Waals surface area contributed by atoms with E-state index in [2.05, 4.69) is 4.98 Å². The first-order valence-corrected chi connectivity index (χ1v) is 7.41. The molecule has 21 heavy (non-hydrogen) atoms. The largest absolute Gasteiger partial charge is 0.390 e. The number of carbonyl (C=O) groups is 1. The van der Waals surface area contributed by atoms with Crippen molar-refractivity contribution < 1.29 is 19.9 Å². The lowest BCUT2D eigenvalue weighted by Gasteiger charge is -2.19. The molecule has 0 saturated carbocycles. The Labute approximate surface area is 130 Å². The van der Waals surface area contributed by atoms with Gasteiger partial charge in [0.2, 0.25) is 5.15 Å². The topological polar surface area (TPSA) is 114 Å². The van der Waals surface area contributed by atoms with E-state index in [0.29, 0.717) is 5.75 Å². The van der Waals surface area contributed by atoms with Crippen LogP contribution in [0.25, 0.3) is 0 Å². The van der Waals surface area contributed by atoms with E-state index < -0.39 is 22.8 Å². The van der Waals surface area contributed by atoms with Crippen molar-refractivity contribution in [3.05, 3.63) is 32.6 Å². The first-order valence-electron chi connectivity index (χ1n) is 6.04. The minimum Gasteiger partial charge on any atom is -0.390 e. The van der Waals surface area contributed by atoms with Crippen molar-refractivity contribution in [2.45, 2.75) is 32.5 Å². The van der Waals surface area contributed by atoms with Gasteiger partial charge < -0.3 is 10.2 Å². The van der Waals surface area contributed by atoms with E-state index in [4.69, 9.17) is 11.6 Å². The predicted octanol–water partition coefficient (Wildman–Crippen LogP) is 2.02. The Morgan fingerprint density at radius 3 is 2.71 bits per heavy atom.